The molecule has 0 saturated carbocycles. The summed E-state index contributed by atoms with van der Waals surface area (Å²) in [7, 11) is -9.92. The number of esters is 4. The molecular weight excluding hydrogens is 1250 g/mol. The van der Waals surface area contributed by atoms with Gasteiger partial charge in [0.25, 0.3) is 0 Å². The molecule has 95 heavy (non-hydrogen) atoms. The molecule has 3 N–H and O–H groups in total. The summed E-state index contributed by atoms with van der Waals surface area (Å²) in [5.74, 6) is -1.43. The zero-order valence-corrected chi connectivity index (χ0v) is 63.1. The summed E-state index contributed by atoms with van der Waals surface area (Å²) in [6, 6.07) is 0. The molecule has 0 aromatic rings. The molecule has 0 saturated heterocycles. The highest BCUT2D eigenvalue weighted by atomic mass is 31.2. The Bertz CT molecular complexity index is 1920. The molecule has 0 aromatic carbocycles. The van der Waals surface area contributed by atoms with Crippen molar-refractivity contribution in [2.24, 2.45) is 5.92 Å². The van der Waals surface area contributed by atoms with Crippen LogP contribution in [-0.2, 0) is 65.4 Å². The van der Waals surface area contributed by atoms with Crippen molar-refractivity contribution < 1.29 is 80.2 Å². The first-order valence-electron chi connectivity index (χ1n) is 39.0. The van der Waals surface area contributed by atoms with Gasteiger partial charge in [-0.05, 0) is 57.3 Å². The Kier molecular flexibility index (Phi) is 66.9. The van der Waals surface area contributed by atoms with E-state index in [4.69, 9.17) is 37.0 Å². The molecule has 0 aliphatic heterocycles. The molecule has 3 unspecified atom stereocenters. The molecule has 0 rings (SSSR count). The molecule has 0 bridgehead atoms. The second-order valence-corrected chi connectivity index (χ2v) is 29.9. The molecule has 560 valence electrons. The lowest BCUT2D eigenvalue weighted by Gasteiger charge is -2.21. The summed E-state index contributed by atoms with van der Waals surface area (Å²) in [6.45, 7) is 7.15. The molecule has 0 aromatic heterocycles. The quantitative estimate of drug-likeness (QED) is 0.0169. The fourth-order valence-electron chi connectivity index (χ4n) is 11.1. The molecule has 0 heterocycles. The summed E-state index contributed by atoms with van der Waals surface area (Å²) in [6.07, 6.45) is 60.7. The van der Waals surface area contributed by atoms with Gasteiger partial charge in [0.15, 0.2) is 12.2 Å². The van der Waals surface area contributed by atoms with Crippen LogP contribution in [0.5, 0.6) is 0 Å². The van der Waals surface area contributed by atoms with Gasteiger partial charge in [0.1, 0.15) is 19.3 Å². The Morgan fingerprint density at radius 1 is 0.337 bits per heavy atom. The number of aliphatic hydroxyl groups is 1. The van der Waals surface area contributed by atoms with Crippen LogP contribution in [0.15, 0.2) is 24.3 Å². The molecule has 0 aliphatic carbocycles. The van der Waals surface area contributed by atoms with Gasteiger partial charge >= 0.3 is 39.5 Å². The normalized spacial score (nSPS) is 14.4. The third-order valence-electron chi connectivity index (χ3n) is 17.5. The fourth-order valence-corrected chi connectivity index (χ4v) is 12.7. The minimum atomic E-state index is -4.96. The first-order valence-corrected chi connectivity index (χ1v) is 42.0. The van der Waals surface area contributed by atoms with Gasteiger partial charge in [0.05, 0.1) is 26.4 Å². The van der Waals surface area contributed by atoms with Crippen LogP contribution < -0.4 is 0 Å². The molecule has 0 aliphatic rings. The van der Waals surface area contributed by atoms with Crippen LogP contribution >= 0.6 is 15.6 Å². The van der Waals surface area contributed by atoms with Gasteiger partial charge in [-0.25, -0.2) is 9.13 Å². The molecule has 0 fully saturated rings. The van der Waals surface area contributed by atoms with E-state index in [1.54, 1.807) is 0 Å². The third-order valence-corrected chi connectivity index (χ3v) is 19.4. The van der Waals surface area contributed by atoms with Crippen molar-refractivity contribution in [2.75, 3.05) is 39.6 Å². The lowest BCUT2D eigenvalue weighted by molar-refractivity contribution is -0.161. The molecule has 0 amide bonds. The van der Waals surface area contributed by atoms with Crippen LogP contribution in [-0.4, -0.2) is 96.7 Å². The number of carbonyl (C=O) groups excluding carboxylic acids is 4. The van der Waals surface area contributed by atoms with E-state index in [0.717, 1.165) is 115 Å². The number of phosphoric ester groups is 2. The summed E-state index contributed by atoms with van der Waals surface area (Å²) in [5.41, 5.74) is 0. The van der Waals surface area contributed by atoms with E-state index in [0.29, 0.717) is 25.7 Å². The topological polar surface area (TPSA) is 237 Å². The minimum Gasteiger partial charge on any atom is -0.462 e. The predicted molar refractivity (Wildman–Crippen MR) is 386 cm³/mol. The molecule has 0 spiro atoms. The Balaban J connectivity index is 5.22. The number of hydrogen-bond donors (Lipinski definition) is 3. The molecule has 17 nitrogen and oxygen atoms in total. The Labute approximate surface area is 580 Å². The highest BCUT2D eigenvalue weighted by Crippen LogP contribution is 2.45. The number of unbranched alkanes of at least 4 members (excludes halogenated alkanes) is 42. The summed E-state index contributed by atoms with van der Waals surface area (Å²) >= 11 is 0. The first-order chi connectivity index (χ1) is 46.1. The van der Waals surface area contributed by atoms with Crippen LogP contribution in [0.4, 0.5) is 0 Å². The zero-order chi connectivity index (χ0) is 69.8. The van der Waals surface area contributed by atoms with Gasteiger partial charge in [-0.1, -0.05) is 322 Å². The maximum Gasteiger partial charge on any atom is 0.472 e. The van der Waals surface area contributed by atoms with Crippen LogP contribution in [0, 0.1) is 5.92 Å². The van der Waals surface area contributed by atoms with Gasteiger partial charge in [-0.3, -0.25) is 37.3 Å². The molecule has 6 atom stereocenters. The highest BCUT2D eigenvalue weighted by molar-refractivity contribution is 7.47. The van der Waals surface area contributed by atoms with Gasteiger partial charge in [-0.15, -0.1) is 0 Å². The Morgan fingerprint density at radius 3 is 0.895 bits per heavy atom. The predicted octanol–water partition coefficient (Wildman–Crippen LogP) is 22.0. The van der Waals surface area contributed by atoms with Crippen LogP contribution in [0.25, 0.3) is 0 Å². The van der Waals surface area contributed by atoms with E-state index >= 15 is 0 Å². The lowest BCUT2D eigenvalue weighted by Crippen LogP contribution is -2.30. The minimum absolute atomic E-state index is 0.101. The van der Waals surface area contributed by atoms with Gasteiger partial charge in [0.2, 0.25) is 0 Å². The van der Waals surface area contributed by atoms with E-state index in [-0.39, 0.29) is 25.7 Å². The average molecular weight is 1390 g/mol. The smallest absolute Gasteiger partial charge is 0.462 e. The van der Waals surface area contributed by atoms with Crippen molar-refractivity contribution in [3.63, 3.8) is 0 Å². The lowest BCUT2D eigenvalue weighted by atomic mass is 10.00. The largest absolute Gasteiger partial charge is 0.472 e. The second kappa shape index (κ2) is 68.7. The van der Waals surface area contributed by atoms with E-state index < -0.39 is 97.5 Å². The SMILES string of the molecule is CCCCCC/C=C\C=C/CCCCCCCC(=O)OC[C@H](COP(=O)(O)OC[C@@H](O)COP(=O)(O)OC[C@@H](COC(=O)CCCCCCCCCCC)OC(=O)CCCCCCCCC(C)CC)OC(=O)CCCCCCCCCCCCCCCCCCCCCCC. The van der Waals surface area contributed by atoms with Crippen molar-refractivity contribution in [2.45, 2.75) is 393 Å². The number of allylic oxidation sites excluding steroid dienone is 4. The Morgan fingerprint density at radius 2 is 0.589 bits per heavy atom. The maximum atomic E-state index is 13.1. The summed E-state index contributed by atoms with van der Waals surface area (Å²) in [4.78, 5) is 72.7. The van der Waals surface area contributed by atoms with E-state index in [1.165, 1.54) is 180 Å². The summed E-state index contributed by atoms with van der Waals surface area (Å²) < 4.78 is 68.4. The fraction of sp³-hybridized carbons (Fsp3) is 0.895. The van der Waals surface area contributed by atoms with Gasteiger partial charge in [-0.2, -0.15) is 0 Å². The van der Waals surface area contributed by atoms with Crippen molar-refractivity contribution in [3.05, 3.63) is 24.3 Å². The van der Waals surface area contributed by atoms with Crippen molar-refractivity contribution >= 4 is 39.5 Å². The average Bonchev–Trinajstić information content (AvgIpc) is 1.31. The highest BCUT2D eigenvalue weighted by Gasteiger charge is 2.30. The monoisotopic (exact) mass is 1390 g/mol. The van der Waals surface area contributed by atoms with Gasteiger partial charge < -0.3 is 33.8 Å². The van der Waals surface area contributed by atoms with Crippen LogP contribution in [0.3, 0.4) is 0 Å². The molecular formula is C76H144O17P2. The number of carbonyl (C=O) groups is 4. The third kappa shape index (κ3) is 68.5. The van der Waals surface area contributed by atoms with Gasteiger partial charge in [0, 0.05) is 25.7 Å². The second-order valence-electron chi connectivity index (χ2n) is 26.9. The number of ether oxygens (including phenoxy) is 4. The van der Waals surface area contributed by atoms with Crippen LogP contribution in [0.1, 0.15) is 375 Å². The number of rotatable bonds is 74. The van der Waals surface area contributed by atoms with Crippen molar-refractivity contribution in [3.8, 4) is 0 Å². The number of phosphoric acid groups is 2. The summed E-state index contributed by atoms with van der Waals surface area (Å²) in [5, 5.41) is 10.6. The molecule has 19 heteroatoms. The standard InChI is InChI=1S/C76H144O17P2/c1-6-10-13-16-19-22-24-26-28-29-30-31-32-33-35-37-39-42-45-51-56-61-75(80)92-71(65-87-74(79)60-55-50-44-41-38-36-34-27-25-23-20-17-14-11-7-2)67-90-94(82,83)88-63-70(77)64-89-95(84,85)91-68-72(66-86-73(78)59-54-49-43-40-21-18-15-12-8-3)93-76(81)62-57-52-47-46-48-53-58-69(5)9-4/h23,25,27,34,69-72,77H,6-22,24,26,28-33,35-68H2,1-5H3,(H,82,83)(H,84,85)/b25-23-,34-27-/t69?,70-,71-,72-/m1/s1. The van der Waals surface area contributed by atoms with Crippen molar-refractivity contribution in [1.29, 1.82) is 0 Å². The van der Waals surface area contributed by atoms with E-state index in [2.05, 4.69) is 58.9 Å². The van der Waals surface area contributed by atoms with Crippen molar-refractivity contribution in [1.82, 2.24) is 0 Å². The van der Waals surface area contributed by atoms with E-state index in [9.17, 15) is 43.2 Å². The number of hydrogen-bond acceptors (Lipinski definition) is 15. The maximum absolute atomic E-state index is 13.1. The Hall–Kier alpha value is -2.46. The van der Waals surface area contributed by atoms with Crippen LogP contribution in [0.2, 0.25) is 0 Å². The van der Waals surface area contributed by atoms with E-state index in [1.807, 2.05) is 0 Å². The zero-order valence-electron chi connectivity index (χ0n) is 61.3. The first kappa shape index (κ1) is 92.5. The molecule has 0 radical (unpaired) electrons. The number of aliphatic hydroxyl groups excluding tert-OH is 1.